The summed E-state index contributed by atoms with van der Waals surface area (Å²) in [5, 5.41) is 0. The van der Waals surface area contributed by atoms with Gasteiger partial charge in [0.2, 0.25) is 0 Å². The molecule has 0 N–H and O–H groups in total. The zero-order valence-electron chi connectivity index (χ0n) is 12.3. The molecule has 0 atom stereocenters. The quantitative estimate of drug-likeness (QED) is 0.661. The molecule has 0 aliphatic rings. The maximum absolute atomic E-state index is 5.86. The Labute approximate surface area is 130 Å². The van der Waals surface area contributed by atoms with Crippen LogP contribution in [-0.4, -0.2) is 4.98 Å². The third kappa shape index (κ3) is 3.41. The van der Waals surface area contributed by atoms with E-state index in [9.17, 15) is 0 Å². The second kappa shape index (κ2) is 6.72. The maximum atomic E-state index is 5.86. The van der Waals surface area contributed by atoms with Crippen molar-refractivity contribution < 1.29 is 4.74 Å². The van der Waals surface area contributed by atoms with Crippen LogP contribution >= 0.6 is 0 Å². The van der Waals surface area contributed by atoms with Gasteiger partial charge in [0.05, 0.1) is 5.69 Å². The lowest BCUT2D eigenvalue weighted by molar-refractivity contribution is 0.306. The molecule has 108 valence electrons. The van der Waals surface area contributed by atoms with E-state index in [0.29, 0.717) is 6.61 Å². The summed E-state index contributed by atoms with van der Waals surface area (Å²) in [6, 6.07) is 22.1. The molecule has 0 bridgehead atoms. The first-order valence-electron chi connectivity index (χ1n) is 7.21. The highest BCUT2D eigenvalue weighted by Crippen LogP contribution is 2.23. The summed E-state index contributed by atoms with van der Waals surface area (Å²) >= 11 is 0. The average Bonchev–Trinajstić information content (AvgIpc) is 2.61. The van der Waals surface area contributed by atoms with Crippen LogP contribution in [-0.2, 0) is 6.61 Å². The lowest BCUT2D eigenvalue weighted by Crippen LogP contribution is -1.95. The van der Waals surface area contributed by atoms with Crippen LogP contribution in [0.2, 0.25) is 0 Å². The molecule has 0 saturated heterocycles. The van der Waals surface area contributed by atoms with E-state index in [1.54, 1.807) is 6.08 Å². The smallest absolute Gasteiger partial charge is 0.120 e. The molecule has 0 unspecified atom stereocenters. The largest absolute Gasteiger partial charge is 0.489 e. The zero-order valence-corrected chi connectivity index (χ0v) is 12.3. The number of ether oxygens (including phenoxy) is 1. The topological polar surface area (TPSA) is 22.1 Å². The fraction of sp³-hybridized carbons (Fsp3) is 0.0500. The first kappa shape index (κ1) is 14.1. The van der Waals surface area contributed by atoms with Crippen LogP contribution in [0.5, 0.6) is 5.75 Å². The normalized spacial score (nSPS) is 10.2. The van der Waals surface area contributed by atoms with Crippen LogP contribution in [0.3, 0.4) is 0 Å². The molecule has 2 heteroatoms. The van der Waals surface area contributed by atoms with Crippen molar-refractivity contribution in [3.05, 3.63) is 90.6 Å². The van der Waals surface area contributed by atoms with Gasteiger partial charge in [-0.15, -0.1) is 0 Å². The number of aromatic nitrogens is 1. The van der Waals surface area contributed by atoms with E-state index < -0.39 is 0 Å². The van der Waals surface area contributed by atoms with E-state index in [0.717, 1.165) is 28.1 Å². The number of nitrogens with zero attached hydrogens (tertiary/aromatic N) is 1. The van der Waals surface area contributed by atoms with Gasteiger partial charge in [0.1, 0.15) is 12.4 Å². The fourth-order valence-corrected chi connectivity index (χ4v) is 2.18. The number of hydrogen-bond donors (Lipinski definition) is 0. The summed E-state index contributed by atoms with van der Waals surface area (Å²) in [5.41, 5.74) is 4.14. The van der Waals surface area contributed by atoms with Crippen molar-refractivity contribution >= 4 is 6.08 Å². The molecule has 0 aliphatic carbocycles. The molecule has 3 aromatic rings. The molecule has 1 aromatic heterocycles. The highest BCUT2D eigenvalue weighted by atomic mass is 16.5. The third-order valence-corrected chi connectivity index (χ3v) is 3.40. The van der Waals surface area contributed by atoms with Gasteiger partial charge in [0, 0.05) is 11.8 Å². The van der Waals surface area contributed by atoms with Gasteiger partial charge in [-0.05, 0) is 29.3 Å². The molecule has 0 spiro atoms. The van der Waals surface area contributed by atoms with Gasteiger partial charge < -0.3 is 4.74 Å². The van der Waals surface area contributed by atoms with E-state index in [1.807, 2.05) is 60.8 Å². The van der Waals surface area contributed by atoms with Crippen molar-refractivity contribution in [2.75, 3.05) is 0 Å². The van der Waals surface area contributed by atoms with Crippen molar-refractivity contribution in [3.63, 3.8) is 0 Å². The van der Waals surface area contributed by atoms with Gasteiger partial charge in [0.25, 0.3) is 0 Å². The third-order valence-electron chi connectivity index (χ3n) is 3.40. The summed E-state index contributed by atoms with van der Waals surface area (Å²) in [5.74, 6) is 0.843. The number of pyridine rings is 1. The fourth-order valence-electron chi connectivity index (χ4n) is 2.18. The molecule has 0 fully saturated rings. The zero-order chi connectivity index (χ0) is 15.2. The van der Waals surface area contributed by atoms with Crippen molar-refractivity contribution in [2.45, 2.75) is 6.61 Å². The van der Waals surface area contributed by atoms with Crippen LogP contribution < -0.4 is 4.74 Å². The number of hydrogen-bond acceptors (Lipinski definition) is 2. The number of rotatable bonds is 5. The summed E-state index contributed by atoms with van der Waals surface area (Å²) < 4.78 is 5.86. The molecule has 0 amide bonds. The average molecular weight is 287 g/mol. The standard InChI is InChI=1S/C20H17NO/c1-2-16-11-12-20(21-14-16)18-9-6-10-19(13-18)22-15-17-7-4-3-5-8-17/h2-14H,1,15H2. The lowest BCUT2D eigenvalue weighted by Gasteiger charge is -2.08. The molecule has 0 aliphatic heterocycles. The molecule has 22 heavy (non-hydrogen) atoms. The Kier molecular flexibility index (Phi) is 4.30. The Morgan fingerprint density at radius 1 is 0.955 bits per heavy atom. The Hall–Kier alpha value is -2.87. The molecule has 2 aromatic carbocycles. The highest BCUT2D eigenvalue weighted by molar-refractivity contribution is 5.62. The highest BCUT2D eigenvalue weighted by Gasteiger charge is 2.02. The van der Waals surface area contributed by atoms with Gasteiger partial charge in [0.15, 0.2) is 0 Å². The minimum Gasteiger partial charge on any atom is -0.489 e. The molecular formula is C20H17NO. The molecule has 1 heterocycles. The van der Waals surface area contributed by atoms with E-state index in [1.165, 1.54) is 0 Å². The van der Waals surface area contributed by atoms with Gasteiger partial charge in [-0.25, -0.2) is 0 Å². The Morgan fingerprint density at radius 3 is 2.55 bits per heavy atom. The predicted octanol–water partition coefficient (Wildman–Crippen LogP) is 4.97. The van der Waals surface area contributed by atoms with E-state index in [-0.39, 0.29) is 0 Å². The summed E-state index contributed by atoms with van der Waals surface area (Å²) in [7, 11) is 0. The van der Waals surface area contributed by atoms with Crippen LogP contribution in [0.1, 0.15) is 11.1 Å². The Balaban J connectivity index is 1.75. The summed E-state index contributed by atoms with van der Waals surface area (Å²) in [4.78, 5) is 4.45. The van der Waals surface area contributed by atoms with Crippen molar-refractivity contribution in [1.29, 1.82) is 0 Å². The van der Waals surface area contributed by atoms with Crippen LogP contribution in [0.4, 0.5) is 0 Å². The summed E-state index contributed by atoms with van der Waals surface area (Å²) in [6.45, 7) is 4.30. The van der Waals surface area contributed by atoms with E-state index in [4.69, 9.17) is 4.74 Å². The van der Waals surface area contributed by atoms with Crippen molar-refractivity contribution in [2.24, 2.45) is 0 Å². The summed E-state index contributed by atoms with van der Waals surface area (Å²) in [6.07, 6.45) is 3.61. The van der Waals surface area contributed by atoms with Crippen LogP contribution in [0, 0.1) is 0 Å². The van der Waals surface area contributed by atoms with Crippen molar-refractivity contribution in [1.82, 2.24) is 4.98 Å². The maximum Gasteiger partial charge on any atom is 0.120 e. The van der Waals surface area contributed by atoms with Crippen molar-refractivity contribution in [3.8, 4) is 17.0 Å². The second-order valence-electron chi connectivity index (χ2n) is 4.98. The SMILES string of the molecule is C=Cc1ccc(-c2cccc(OCc3ccccc3)c2)nc1. The van der Waals surface area contributed by atoms with E-state index in [2.05, 4.69) is 23.7 Å². The first-order valence-corrected chi connectivity index (χ1v) is 7.21. The first-order chi connectivity index (χ1) is 10.8. The predicted molar refractivity (Wildman–Crippen MR) is 90.5 cm³/mol. The molecule has 2 nitrogen and oxygen atoms in total. The van der Waals surface area contributed by atoms with Gasteiger partial charge in [-0.3, -0.25) is 4.98 Å². The lowest BCUT2D eigenvalue weighted by atomic mass is 10.1. The molecule has 0 saturated carbocycles. The second-order valence-corrected chi connectivity index (χ2v) is 4.98. The van der Waals surface area contributed by atoms with Gasteiger partial charge >= 0.3 is 0 Å². The van der Waals surface area contributed by atoms with Gasteiger partial charge in [-0.1, -0.05) is 61.2 Å². The van der Waals surface area contributed by atoms with Crippen LogP contribution in [0.25, 0.3) is 17.3 Å². The Bertz CT molecular complexity index is 748. The molecule has 3 rings (SSSR count). The Morgan fingerprint density at radius 2 is 1.82 bits per heavy atom. The minimum atomic E-state index is 0.563. The minimum absolute atomic E-state index is 0.563. The molecular weight excluding hydrogens is 270 g/mol. The van der Waals surface area contributed by atoms with Crippen LogP contribution in [0.15, 0.2) is 79.5 Å². The van der Waals surface area contributed by atoms with Gasteiger partial charge in [-0.2, -0.15) is 0 Å². The number of benzene rings is 2. The molecule has 0 radical (unpaired) electrons. The van der Waals surface area contributed by atoms with E-state index >= 15 is 0 Å². The monoisotopic (exact) mass is 287 g/mol.